The van der Waals surface area contributed by atoms with Gasteiger partial charge < -0.3 is 9.13 Å². The van der Waals surface area contributed by atoms with Crippen molar-refractivity contribution in [2.45, 2.75) is 0 Å². The summed E-state index contributed by atoms with van der Waals surface area (Å²) >= 11 is 0. The predicted molar refractivity (Wildman–Crippen MR) is 146 cm³/mol. The number of benzene rings is 5. The molecule has 0 radical (unpaired) electrons. The Hall–Kier alpha value is -5.32. The van der Waals surface area contributed by atoms with Crippen LogP contribution in [0.25, 0.3) is 59.8 Å². The second kappa shape index (κ2) is 7.60. The molecule has 0 aliphatic rings. The molecule has 0 aliphatic heterocycles. The second-order valence-electron chi connectivity index (χ2n) is 8.85. The van der Waals surface area contributed by atoms with Crippen LogP contribution in [0, 0.1) is 17.9 Å². The number of para-hydroxylation sites is 3. The van der Waals surface area contributed by atoms with Crippen LogP contribution in [0.1, 0.15) is 5.56 Å². The summed E-state index contributed by atoms with van der Waals surface area (Å²) in [7, 11) is 0. The minimum Gasteiger partial charge on any atom is -0.309 e. The molecule has 0 unspecified atom stereocenters. The van der Waals surface area contributed by atoms with Gasteiger partial charge in [0.25, 0.3) is 0 Å². The fourth-order valence-corrected chi connectivity index (χ4v) is 5.44. The van der Waals surface area contributed by atoms with Crippen molar-refractivity contribution in [2.24, 2.45) is 0 Å². The Labute approximate surface area is 207 Å². The van der Waals surface area contributed by atoms with Crippen molar-refractivity contribution in [3.05, 3.63) is 126 Å². The number of aromatic nitrogens is 2. The van der Waals surface area contributed by atoms with Crippen LogP contribution in [0.4, 0.5) is 5.69 Å². The lowest BCUT2D eigenvalue weighted by Crippen LogP contribution is -2.00. The van der Waals surface area contributed by atoms with E-state index in [0.29, 0.717) is 11.3 Å². The highest BCUT2D eigenvalue weighted by atomic mass is 15.0. The molecule has 0 spiro atoms. The summed E-state index contributed by atoms with van der Waals surface area (Å²) < 4.78 is 4.36. The molecular weight excluding hydrogens is 440 g/mol. The van der Waals surface area contributed by atoms with E-state index in [1.54, 1.807) is 0 Å². The summed E-state index contributed by atoms with van der Waals surface area (Å²) in [5.41, 5.74) is 7.19. The van der Waals surface area contributed by atoms with Gasteiger partial charge in [-0.3, -0.25) is 0 Å². The molecule has 7 aromatic rings. The highest BCUT2D eigenvalue weighted by molar-refractivity contribution is 6.11. The third-order valence-electron chi connectivity index (χ3n) is 6.97. The van der Waals surface area contributed by atoms with E-state index in [1.165, 1.54) is 10.8 Å². The molecule has 0 saturated heterocycles. The van der Waals surface area contributed by atoms with Crippen LogP contribution in [0.3, 0.4) is 0 Å². The van der Waals surface area contributed by atoms with Gasteiger partial charge in [0.15, 0.2) is 5.69 Å². The lowest BCUT2D eigenvalue weighted by atomic mass is 10.1. The van der Waals surface area contributed by atoms with Gasteiger partial charge in [0.1, 0.15) is 6.07 Å². The van der Waals surface area contributed by atoms with Crippen molar-refractivity contribution in [1.82, 2.24) is 9.13 Å². The Morgan fingerprint density at radius 1 is 0.583 bits per heavy atom. The number of nitriles is 1. The van der Waals surface area contributed by atoms with Gasteiger partial charge in [-0.1, -0.05) is 60.7 Å². The van der Waals surface area contributed by atoms with Crippen LogP contribution in [0.2, 0.25) is 0 Å². The third-order valence-corrected chi connectivity index (χ3v) is 6.97. The van der Waals surface area contributed by atoms with Crippen molar-refractivity contribution in [1.29, 1.82) is 5.26 Å². The van der Waals surface area contributed by atoms with Crippen LogP contribution in [-0.2, 0) is 0 Å². The van der Waals surface area contributed by atoms with Crippen LogP contribution in [0.15, 0.2) is 109 Å². The van der Waals surface area contributed by atoms with Gasteiger partial charge in [0.2, 0.25) is 0 Å². The molecule has 0 amide bonds. The maximum atomic E-state index is 10.3. The van der Waals surface area contributed by atoms with E-state index in [-0.39, 0.29) is 0 Å². The molecule has 7 rings (SSSR count). The Balaban J connectivity index is 1.52. The van der Waals surface area contributed by atoms with Gasteiger partial charge in [-0.25, -0.2) is 4.85 Å². The van der Waals surface area contributed by atoms with Gasteiger partial charge in [0, 0.05) is 21.8 Å². The SMILES string of the molecule is [C-]#[N+]c1ccc2c(c1)c1ccccc1n2-c1ccc(-n2c3ccccc3c3ccccc32)c(C#N)c1. The van der Waals surface area contributed by atoms with E-state index in [1.807, 2.05) is 54.6 Å². The maximum Gasteiger partial charge on any atom is 0.188 e. The first kappa shape index (κ1) is 20.1. The summed E-state index contributed by atoms with van der Waals surface area (Å²) in [5.74, 6) is 0. The zero-order valence-corrected chi connectivity index (χ0v) is 19.2. The molecule has 2 aromatic heterocycles. The number of hydrogen-bond donors (Lipinski definition) is 0. The summed E-state index contributed by atoms with van der Waals surface area (Å²) in [4.78, 5) is 3.62. The molecule has 0 fully saturated rings. The van der Waals surface area contributed by atoms with Crippen molar-refractivity contribution in [2.75, 3.05) is 0 Å². The average molecular weight is 459 g/mol. The minimum absolute atomic E-state index is 0.600. The molecule has 0 saturated carbocycles. The van der Waals surface area contributed by atoms with Gasteiger partial charge in [-0.05, 0) is 53.9 Å². The Bertz CT molecular complexity index is 2020. The van der Waals surface area contributed by atoms with E-state index >= 15 is 0 Å². The van der Waals surface area contributed by atoms with E-state index in [0.717, 1.165) is 44.2 Å². The first-order valence-corrected chi connectivity index (χ1v) is 11.7. The summed E-state index contributed by atoms with van der Waals surface area (Å²) in [5, 5.41) is 14.7. The zero-order chi connectivity index (χ0) is 24.2. The first-order chi connectivity index (χ1) is 17.8. The normalized spacial score (nSPS) is 11.3. The van der Waals surface area contributed by atoms with Gasteiger partial charge in [-0.2, -0.15) is 5.26 Å². The Morgan fingerprint density at radius 2 is 1.14 bits per heavy atom. The van der Waals surface area contributed by atoms with Gasteiger partial charge in [-0.15, -0.1) is 0 Å². The zero-order valence-electron chi connectivity index (χ0n) is 19.2. The molecule has 0 N–H and O–H groups in total. The first-order valence-electron chi connectivity index (χ1n) is 11.7. The van der Waals surface area contributed by atoms with E-state index < -0.39 is 0 Å². The Morgan fingerprint density at radius 3 is 1.75 bits per heavy atom. The van der Waals surface area contributed by atoms with Crippen LogP contribution < -0.4 is 0 Å². The quantitative estimate of drug-likeness (QED) is 0.240. The smallest absolute Gasteiger partial charge is 0.188 e. The van der Waals surface area contributed by atoms with E-state index in [2.05, 4.69) is 74.6 Å². The lowest BCUT2D eigenvalue weighted by molar-refractivity contribution is 1.13. The molecule has 166 valence electrons. The topological polar surface area (TPSA) is 38.0 Å². The molecular formula is C32H18N4. The van der Waals surface area contributed by atoms with Crippen molar-refractivity contribution >= 4 is 49.3 Å². The largest absolute Gasteiger partial charge is 0.309 e. The molecule has 0 atom stereocenters. The van der Waals surface area contributed by atoms with E-state index in [4.69, 9.17) is 6.57 Å². The monoisotopic (exact) mass is 458 g/mol. The molecule has 4 nitrogen and oxygen atoms in total. The fraction of sp³-hybridized carbons (Fsp3) is 0. The maximum absolute atomic E-state index is 10.3. The summed E-state index contributed by atoms with van der Waals surface area (Å²) in [6.07, 6.45) is 0. The average Bonchev–Trinajstić information content (AvgIpc) is 3.45. The van der Waals surface area contributed by atoms with Gasteiger partial charge in [0.05, 0.1) is 39.9 Å². The molecule has 36 heavy (non-hydrogen) atoms. The minimum atomic E-state index is 0.600. The van der Waals surface area contributed by atoms with Crippen molar-refractivity contribution in [3.8, 4) is 17.4 Å². The van der Waals surface area contributed by atoms with Crippen molar-refractivity contribution < 1.29 is 0 Å². The lowest BCUT2D eigenvalue weighted by Gasteiger charge is -2.13. The second-order valence-corrected chi connectivity index (χ2v) is 8.85. The molecule has 2 heterocycles. The van der Waals surface area contributed by atoms with Crippen LogP contribution >= 0.6 is 0 Å². The highest BCUT2D eigenvalue weighted by Gasteiger charge is 2.17. The van der Waals surface area contributed by atoms with Crippen LogP contribution in [-0.4, -0.2) is 9.13 Å². The van der Waals surface area contributed by atoms with Crippen LogP contribution in [0.5, 0.6) is 0 Å². The summed E-state index contributed by atoms with van der Waals surface area (Å²) in [6.45, 7) is 7.44. The van der Waals surface area contributed by atoms with Gasteiger partial charge >= 0.3 is 0 Å². The molecule has 5 aromatic carbocycles. The molecule has 0 aliphatic carbocycles. The number of nitrogens with zero attached hydrogens (tertiary/aromatic N) is 4. The predicted octanol–water partition coefficient (Wildman–Crippen LogP) is 8.30. The standard InChI is InChI=1S/C32H18N4/c1-34-22-14-16-32-27(19-22)26-10-4-5-11-29(26)35(32)23-15-17-28(21(18-23)20-33)36-30-12-6-2-8-24(30)25-9-3-7-13-31(25)36/h2-19H. The number of fused-ring (bicyclic) bond motifs is 6. The molecule has 4 heteroatoms. The Kier molecular flexibility index (Phi) is 4.24. The highest BCUT2D eigenvalue weighted by Crippen LogP contribution is 2.37. The van der Waals surface area contributed by atoms with E-state index in [9.17, 15) is 5.26 Å². The summed E-state index contributed by atoms with van der Waals surface area (Å²) in [6, 6.07) is 39.2. The third kappa shape index (κ3) is 2.73. The fourth-order valence-electron chi connectivity index (χ4n) is 5.44. The number of rotatable bonds is 2. The number of hydrogen-bond acceptors (Lipinski definition) is 1. The van der Waals surface area contributed by atoms with Crippen molar-refractivity contribution in [3.63, 3.8) is 0 Å². The molecule has 0 bridgehead atoms.